The van der Waals surface area contributed by atoms with Gasteiger partial charge in [-0.2, -0.15) is 0 Å². The Hall–Kier alpha value is -2.69. The fourth-order valence-corrected chi connectivity index (χ4v) is 3.92. The Labute approximate surface area is 153 Å². The van der Waals surface area contributed by atoms with Gasteiger partial charge in [0.2, 0.25) is 0 Å². The molecule has 136 valence electrons. The molecule has 2 aliphatic heterocycles. The van der Waals surface area contributed by atoms with E-state index in [-0.39, 0.29) is 11.9 Å². The van der Waals surface area contributed by atoms with Crippen LogP contribution >= 0.6 is 0 Å². The molecule has 5 nitrogen and oxygen atoms in total. The van der Waals surface area contributed by atoms with Gasteiger partial charge in [-0.05, 0) is 54.8 Å². The first-order valence-electron chi connectivity index (χ1n) is 9.00. The molecule has 4 rings (SSSR count). The Morgan fingerprint density at radius 1 is 1.15 bits per heavy atom. The van der Waals surface area contributed by atoms with E-state index >= 15 is 0 Å². The fourth-order valence-electron chi connectivity index (χ4n) is 3.92. The highest BCUT2D eigenvalue weighted by atomic mass is 16.5. The number of nitrogens with zero attached hydrogens (tertiary/aromatic N) is 1. The number of fused-ring (bicyclic) bond motifs is 1. The maximum atomic E-state index is 13.2. The molecule has 2 aromatic carbocycles. The number of likely N-dealkylation sites (tertiary alicyclic amines) is 1. The molecule has 0 radical (unpaired) electrons. The zero-order valence-electron chi connectivity index (χ0n) is 15.2. The van der Waals surface area contributed by atoms with Gasteiger partial charge in [-0.25, -0.2) is 0 Å². The van der Waals surface area contributed by atoms with Crippen LogP contribution in [0, 0.1) is 0 Å². The van der Waals surface area contributed by atoms with Gasteiger partial charge in [0, 0.05) is 24.1 Å². The lowest BCUT2D eigenvalue weighted by Crippen LogP contribution is -2.30. The molecule has 0 spiro atoms. The number of amides is 1. The number of ether oxygens (including phenoxy) is 3. The first-order valence-corrected chi connectivity index (χ1v) is 9.00. The third-order valence-electron chi connectivity index (χ3n) is 5.25. The molecule has 0 saturated carbocycles. The minimum Gasteiger partial charge on any atom is -0.497 e. The van der Waals surface area contributed by atoms with Gasteiger partial charge in [0.05, 0.1) is 26.9 Å². The van der Waals surface area contributed by atoms with Crippen molar-refractivity contribution >= 4 is 5.91 Å². The highest BCUT2D eigenvalue weighted by Gasteiger charge is 2.33. The highest BCUT2D eigenvalue weighted by molar-refractivity contribution is 5.95. The van der Waals surface area contributed by atoms with Gasteiger partial charge in [-0.15, -0.1) is 0 Å². The van der Waals surface area contributed by atoms with Crippen molar-refractivity contribution in [1.29, 1.82) is 0 Å². The quantitative estimate of drug-likeness (QED) is 0.842. The van der Waals surface area contributed by atoms with Crippen LogP contribution in [-0.2, 0) is 6.42 Å². The standard InChI is InChI=1S/C21H23NO4/c1-24-16-6-8-20(25-2)17(13-16)18-4-3-10-22(18)21(23)15-5-7-19-14(12-15)9-11-26-19/h5-8,12-13,18H,3-4,9-11H2,1-2H3. The summed E-state index contributed by atoms with van der Waals surface area (Å²) in [7, 11) is 3.31. The van der Waals surface area contributed by atoms with Crippen LogP contribution in [0.1, 0.15) is 40.4 Å². The summed E-state index contributed by atoms with van der Waals surface area (Å²) < 4.78 is 16.5. The van der Waals surface area contributed by atoms with E-state index < -0.39 is 0 Å². The maximum absolute atomic E-state index is 13.2. The normalized spacial score (nSPS) is 18.4. The van der Waals surface area contributed by atoms with Gasteiger partial charge >= 0.3 is 0 Å². The lowest BCUT2D eigenvalue weighted by Gasteiger charge is -2.27. The molecule has 1 atom stereocenters. The first-order chi connectivity index (χ1) is 12.7. The molecule has 1 fully saturated rings. The third kappa shape index (κ3) is 2.87. The van der Waals surface area contributed by atoms with Crippen LogP contribution in [0.4, 0.5) is 0 Å². The van der Waals surface area contributed by atoms with E-state index in [0.29, 0.717) is 6.61 Å². The molecule has 1 amide bonds. The number of methoxy groups -OCH3 is 2. The van der Waals surface area contributed by atoms with Crippen LogP contribution in [0.2, 0.25) is 0 Å². The molecule has 2 aliphatic rings. The van der Waals surface area contributed by atoms with Gasteiger partial charge in [0.25, 0.3) is 5.91 Å². The van der Waals surface area contributed by atoms with Crippen LogP contribution in [0.15, 0.2) is 36.4 Å². The van der Waals surface area contributed by atoms with Crippen molar-refractivity contribution in [1.82, 2.24) is 4.90 Å². The lowest BCUT2D eigenvalue weighted by molar-refractivity contribution is 0.0734. The molecule has 0 N–H and O–H groups in total. The van der Waals surface area contributed by atoms with E-state index in [1.165, 1.54) is 0 Å². The second-order valence-corrected chi connectivity index (χ2v) is 6.69. The van der Waals surface area contributed by atoms with Gasteiger partial charge in [-0.3, -0.25) is 4.79 Å². The topological polar surface area (TPSA) is 48.0 Å². The predicted octanol–water partition coefficient (Wildman–Crippen LogP) is 3.62. The number of benzene rings is 2. The van der Waals surface area contributed by atoms with Crippen LogP contribution in [0.5, 0.6) is 17.2 Å². The van der Waals surface area contributed by atoms with Crippen LogP contribution < -0.4 is 14.2 Å². The average molecular weight is 353 g/mol. The number of carbonyl (C=O) groups excluding carboxylic acids is 1. The smallest absolute Gasteiger partial charge is 0.254 e. The van der Waals surface area contributed by atoms with Gasteiger partial charge in [0.15, 0.2) is 0 Å². The Morgan fingerprint density at radius 2 is 2.04 bits per heavy atom. The molecule has 1 saturated heterocycles. The SMILES string of the molecule is COc1ccc(OC)c(C2CCCN2C(=O)c2ccc3c(c2)CCO3)c1. The summed E-state index contributed by atoms with van der Waals surface area (Å²) >= 11 is 0. The summed E-state index contributed by atoms with van der Waals surface area (Å²) in [6.07, 6.45) is 2.76. The zero-order valence-corrected chi connectivity index (χ0v) is 15.2. The van der Waals surface area contributed by atoms with Crippen molar-refractivity contribution in [2.24, 2.45) is 0 Å². The summed E-state index contributed by atoms with van der Waals surface area (Å²) in [5, 5.41) is 0. The minimum absolute atomic E-state index is 0.00273. The van der Waals surface area contributed by atoms with Crippen LogP contribution in [0.3, 0.4) is 0 Å². The molecule has 1 unspecified atom stereocenters. The summed E-state index contributed by atoms with van der Waals surface area (Å²) in [4.78, 5) is 15.2. The summed E-state index contributed by atoms with van der Waals surface area (Å²) in [6.45, 7) is 1.44. The molecule has 2 heterocycles. The second-order valence-electron chi connectivity index (χ2n) is 6.69. The molecule has 0 bridgehead atoms. The minimum atomic E-state index is -0.00273. The largest absolute Gasteiger partial charge is 0.497 e. The van der Waals surface area contributed by atoms with Gasteiger partial charge in [-0.1, -0.05) is 0 Å². The monoisotopic (exact) mass is 353 g/mol. The highest BCUT2D eigenvalue weighted by Crippen LogP contribution is 2.40. The van der Waals surface area contributed by atoms with E-state index in [4.69, 9.17) is 14.2 Å². The van der Waals surface area contributed by atoms with Crippen LogP contribution in [0.25, 0.3) is 0 Å². The Bertz CT molecular complexity index is 833. The van der Waals surface area contributed by atoms with E-state index in [9.17, 15) is 4.79 Å². The number of hydrogen-bond acceptors (Lipinski definition) is 4. The Kier molecular flexibility index (Phi) is 4.45. The summed E-state index contributed by atoms with van der Waals surface area (Å²) in [5.41, 5.74) is 2.84. The van der Waals surface area contributed by atoms with Gasteiger partial charge in [0.1, 0.15) is 17.2 Å². The molecule has 0 aliphatic carbocycles. The predicted molar refractivity (Wildman–Crippen MR) is 98.2 cm³/mol. The fraction of sp³-hybridized carbons (Fsp3) is 0.381. The number of rotatable bonds is 4. The first kappa shape index (κ1) is 16.8. The number of hydrogen-bond donors (Lipinski definition) is 0. The number of carbonyl (C=O) groups is 1. The van der Waals surface area contributed by atoms with Crippen molar-refractivity contribution in [2.75, 3.05) is 27.4 Å². The molecular weight excluding hydrogens is 330 g/mol. The zero-order chi connectivity index (χ0) is 18.1. The average Bonchev–Trinajstić information content (AvgIpc) is 3.35. The van der Waals surface area contributed by atoms with Crippen molar-refractivity contribution in [3.8, 4) is 17.2 Å². The molecule has 5 heteroatoms. The van der Waals surface area contributed by atoms with E-state index in [1.54, 1.807) is 14.2 Å². The third-order valence-corrected chi connectivity index (χ3v) is 5.25. The molecular formula is C21H23NO4. The summed E-state index contributed by atoms with van der Waals surface area (Å²) in [6, 6.07) is 11.5. The van der Waals surface area contributed by atoms with Crippen molar-refractivity contribution in [3.05, 3.63) is 53.1 Å². The lowest BCUT2D eigenvalue weighted by atomic mass is 10.0. The molecule has 0 aromatic heterocycles. The Balaban J connectivity index is 1.65. The molecule has 2 aromatic rings. The maximum Gasteiger partial charge on any atom is 0.254 e. The van der Waals surface area contributed by atoms with E-state index in [0.717, 1.165) is 59.7 Å². The van der Waals surface area contributed by atoms with Crippen molar-refractivity contribution in [3.63, 3.8) is 0 Å². The summed E-state index contributed by atoms with van der Waals surface area (Å²) in [5.74, 6) is 2.52. The van der Waals surface area contributed by atoms with E-state index in [1.807, 2.05) is 41.3 Å². The van der Waals surface area contributed by atoms with Crippen molar-refractivity contribution in [2.45, 2.75) is 25.3 Å². The van der Waals surface area contributed by atoms with Gasteiger partial charge < -0.3 is 19.1 Å². The molecule has 26 heavy (non-hydrogen) atoms. The van der Waals surface area contributed by atoms with Crippen molar-refractivity contribution < 1.29 is 19.0 Å². The van der Waals surface area contributed by atoms with E-state index in [2.05, 4.69) is 0 Å². The Morgan fingerprint density at radius 3 is 2.85 bits per heavy atom. The van der Waals surface area contributed by atoms with Crippen LogP contribution in [-0.4, -0.2) is 38.2 Å². The second kappa shape index (κ2) is 6.90.